The molecule has 1 aromatic carbocycles. The Bertz CT molecular complexity index is 387. The van der Waals surface area contributed by atoms with Crippen LogP contribution in [-0.2, 0) is 12.8 Å². The summed E-state index contributed by atoms with van der Waals surface area (Å²) in [5, 5.41) is 0. The lowest BCUT2D eigenvalue weighted by molar-refractivity contribution is 0.231. The fraction of sp³-hybridized carbons (Fsp3) is 0.700. The molecule has 0 bridgehead atoms. The highest BCUT2D eigenvalue weighted by molar-refractivity contribution is 5.23. The van der Waals surface area contributed by atoms with Crippen LogP contribution in [0, 0.1) is 11.8 Å². The molecule has 0 saturated heterocycles. The Kier molecular flexibility index (Phi) is 6.76. The Labute approximate surface area is 131 Å². The third kappa shape index (κ3) is 5.14. The van der Waals surface area contributed by atoms with Gasteiger partial charge in [-0.15, -0.1) is 0 Å². The Morgan fingerprint density at radius 3 is 2.19 bits per heavy atom. The van der Waals surface area contributed by atoms with E-state index < -0.39 is 0 Å². The van der Waals surface area contributed by atoms with Gasteiger partial charge in [-0.1, -0.05) is 70.2 Å². The summed E-state index contributed by atoms with van der Waals surface area (Å²) in [5.41, 5.74) is 9.33. The molecule has 1 atom stereocenters. The highest BCUT2D eigenvalue weighted by atomic mass is 14.6. The summed E-state index contributed by atoms with van der Waals surface area (Å²) in [6, 6.07) is 9.40. The Morgan fingerprint density at radius 1 is 1.00 bits per heavy atom. The van der Waals surface area contributed by atoms with Crippen molar-refractivity contribution in [1.82, 2.24) is 0 Å². The van der Waals surface area contributed by atoms with E-state index in [0.29, 0.717) is 6.04 Å². The molecular weight excluding hydrogens is 254 g/mol. The molecule has 0 aromatic heterocycles. The van der Waals surface area contributed by atoms with Crippen molar-refractivity contribution in [2.75, 3.05) is 0 Å². The molecule has 1 nitrogen and oxygen atoms in total. The highest BCUT2D eigenvalue weighted by Crippen LogP contribution is 2.33. The molecular formula is C20H33N. The molecule has 2 rings (SSSR count). The number of benzene rings is 1. The molecule has 1 aliphatic carbocycles. The first-order valence-corrected chi connectivity index (χ1v) is 9.06. The SMILES string of the molecule is CCCCC1CCC(C(N)Cc2ccc(CC)cc2)CC1. The molecule has 1 unspecified atom stereocenters. The second kappa shape index (κ2) is 8.58. The minimum absolute atomic E-state index is 0.351. The van der Waals surface area contributed by atoms with Crippen LogP contribution in [0.4, 0.5) is 0 Å². The summed E-state index contributed by atoms with van der Waals surface area (Å²) in [4.78, 5) is 0. The van der Waals surface area contributed by atoms with Gasteiger partial charge in [-0.3, -0.25) is 0 Å². The first kappa shape index (κ1) is 16.5. The van der Waals surface area contributed by atoms with Crippen LogP contribution in [0.15, 0.2) is 24.3 Å². The quantitative estimate of drug-likeness (QED) is 0.740. The minimum atomic E-state index is 0.351. The first-order chi connectivity index (χ1) is 10.2. The van der Waals surface area contributed by atoms with Gasteiger partial charge in [0.2, 0.25) is 0 Å². The normalized spacial score (nSPS) is 24.0. The van der Waals surface area contributed by atoms with E-state index in [0.717, 1.165) is 24.7 Å². The summed E-state index contributed by atoms with van der Waals surface area (Å²) in [7, 11) is 0. The zero-order chi connectivity index (χ0) is 15.1. The predicted octanol–water partition coefficient (Wildman–Crippen LogP) is 5.12. The maximum Gasteiger partial charge on any atom is 0.0108 e. The van der Waals surface area contributed by atoms with E-state index in [4.69, 9.17) is 5.73 Å². The third-order valence-electron chi connectivity index (χ3n) is 5.37. The lowest BCUT2D eigenvalue weighted by Crippen LogP contribution is -2.34. The van der Waals surface area contributed by atoms with Crippen molar-refractivity contribution in [3.05, 3.63) is 35.4 Å². The van der Waals surface area contributed by atoms with Gasteiger partial charge in [0, 0.05) is 6.04 Å². The van der Waals surface area contributed by atoms with Gasteiger partial charge in [-0.05, 0) is 48.6 Å². The summed E-state index contributed by atoms with van der Waals surface area (Å²) in [6.45, 7) is 4.50. The lowest BCUT2D eigenvalue weighted by Gasteiger charge is -2.32. The molecule has 0 aliphatic heterocycles. The topological polar surface area (TPSA) is 26.0 Å². The van der Waals surface area contributed by atoms with Crippen LogP contribution >= 0.6 is 0 Å². The first-order valence-electron chi connectivity index (χ1n) is 9.06. The van der Waals surface area contributed by atoms with Crippen molar-refractivity contribution >= 4 is 0 Å². The van der Waals surface area contributed by atoms with Crippen LogP contribution in [0.25, 0.3) is 0 Å². The third-order valence-corrected chi connectivity index (χ3v) is 5.37. The van der Waals surface area contributed by atoms with Crippen LogP contribution in [0.2, 0.25) is 0 Å². The van der Waals surface area contributed by atoms with E-state index in [1.54, 1.807) is 0 Å². The Hall–Kier alpha value is -0.820. The van der Waals surface area contributed by atoms with E-state index in [9.17, 15) is 0 Å². The van der Waals surface area contributed by atoms with Gasteiger partial charge in [0.25, 0.3) is 0 Å². The number of aryl methyl sites for hydroxylation is 1. The van der Waals surface area contributed by atoms with Crippen molar-refractivity contribution in [3.63, 3.8) is 0 Å². The van der Waals surface area contributed by atoms with Crippen LogP contribution < -0.4 is 5.73 Å². The molecule has 0 heterocycles. The molecule has 0 radical (unpaired) electrons. The molecule has 1 heteroatoms. The lowest BCUT2D eigenvalue weighted by atomic mass is 9.76. The average molecular weight is 287 g/mol. The number of rotatable bonds is 7. The van der Waals surface area contributed by atoms with Gasteiger partial charge in [0.1, 0.15) is 0 Å². The van der Waals surface area contributed by atoms with Gasteiger partial charge < -0.3 is 5.73 Å². The number of unbranched alkanes of at least 4 members (excludes halogenated alkanes) is 1. The zero-order valence-corrected chi connectivity index (χ0v) is 14.0. The molecule has 1 aliphatic rings. The minimum Gasteiger partial charge on any atom is -0.327 e. The number of hydrogen-bond donors (Lipinski definition) is 1. The van der Waals surface area contributed by atoms with Crippen LogP contribution in [0.5, 0.6) is 0 Å². The number of hydrogen-bond acceptors (Lipinski definition) is 1. The Morgan fingerprint density at radius 2 is 1.62 bits per heavy atom. The predicted molar refractivity (Wildman–Crippen MR) is 92.5 cm³/mol. The van der Waals surface area contributed by atoms with Crippen molar-refractivity contribution in [1.29, 1.82) is 0 Å². The molecule has 1 saturated carbocycles. The zero-order valence-electron chi connectivity index (χ0n) is 14.0. The summed E-state index contributed by atoms with van der Waals surface area (Å²) in [5.74, 6) is 1.73. The molecule has 2 N–H and O–H groups in total. The van der Waals surface area contributed by atoms with Crippen LogP contribution in [0.3, 0.4) is 0 Å². The van der Waals surface area contributed by atoms with E-state index in [2.05, 4.69) is 38.1 Å². The van der Waals surface area contributed by atoms with E-state index in [-0.39, 0.29) is 0 Å². The van der Waals surface area contributed by atoms with E-state index in [1.165, 1.54) is 56.1 Å². The molecule has 21 heavy (non-hydrogen) atoms. The van der Waals surface area contributed by atoms with Crippen LogP contribution in [0.1, 0.15) is 69.9 Å². The molecule has 0 spiro atoms. The molecule has 1 fully saturated rings. The summed E-state index contributed by atoms with van der Waals surface area (Å²) >= 11 is 0. The summed E-state index contributed by atoms with van der Waals surface area (Å²) < 4.78 is 0. The van der Waals surface area contributed by atoms with Gasteiger partial charge >= 0.3 is 0 Å². The van der Waals surface area contributed by atoms with Gasteiger partial charge in [0.05, 0.1) is 0 Å². The largest absolute Gasteiger partial charge is 0.327 e. The number of nitrogens with two attached hydrogens (primary N) is 1. The van der Waals surface area contributed by atoms with E-state index in [1.807, 2.05) is 0 Å². The van der Waals surface area contributed by atoms with Crippen molar-refractivity contribution in [2.45, 2.75) is 77.7 Å². The van der Waals surface area contributed by atoms with Gasteiger partial charge in [-0.25, -0.2) is 0 Å². The maximum absolute atomic E-state index is 6.50. The average Bonchev–Trinajstić information content (AvgIpc) is 2.54. The molecule has 1 aromatic rings. The monoisotopic (exact) mass is 287 g/mol. The molecule has 0 amide bonds. The van der Waals surface area contributed by atoms with E-state index >= 15 is 0 Å². The fourth-order valence-electron chi connectivity index (χ4n) is 3.75. The molecule has 118 valence electrons. The van der Waals surface area contributed by atoms with Gasteiger partial charge in [0.15, 0.2) is 0 Å². The maximum atomic E-state index is 6.50. The standard InChI is InChI=1S/C20H33N/c1-3-5-6-17-11-13-19(14-12-17)20(21)15-18-9-7-16(4-2)8-10-18/h7-10,17,19-20H,3-6,11-15,21H2,1-2H3. The van der Waals surface area contributed by atoms with Crippen molar-refractivity contribution in [2.24, 2.45) is 17.6 Å². The summed E-state index contributed by atoms with van der Waals surface area (Å²) in [6.07, 6.45) is 11.9. The van der Waals surface area contributed by atoms with Gasteiger partial charge in [-0.2, -0.15) is 0 Å². The van der Waals surface area contributed by atoms with Crippen LogP contribution in [-0.4, -0.2) is 6.04 Å². The fourth-order valence-corrected chi connectivity index (χ4v) is 3.75. The van der Waals surface area contributed by atoms with Crippen molar-refractivity contribution in [3.8, 4) is 0 Å². The van der Waals surface area contributed by atoms with Crippen molar-refractivity contribution < 1.29 is 0 Å². The highest BCUT2D eigenvalue weighted by Gasteiger charge is 2.25. The second-order valence-corrected chi connectivity index (χ2v) is 6.96. The smallest absolute Gasteiger partial charge is 0.0108 e. The second-order valence-electron chi connectivity index (χ2n) is 6.96. The Balaban J connectivity index is 1.77.